The highest BCUT2D eigenvalue weighted by Crippen LogP contribution is 2.27. The van der Waals surface area contributed by atoms with Gasteiger partial charge in [-0.1, -0.05) is 114 Å². The van der Waals surface area contributed by atoms with Crippen LogP contribution in [0.25, 0.3) is 0 Å². The molecule has 77 heavy (non-hydrogen) atoms. The Morgan fingerprint density at radius 2 is 1.13 bits per heavy atom. The number of nitrogens with zero attached hydrogens (tertiary/aromatic N) is 3. The van der Waals surface area contributed by atoms with Crippen molar-refractivity contribution >= 4 is 53.2 Å². The van der Waals surface area contributed by atoms with E-state index in [1.54, 1.807) is 86.6 Å². The molecule has 8 amide bonds. The number of esters is 1. The number of hydrogen-bond acceptors (Lipinski definition) is 11. The maximum absolute atomic E-state index is 15.1. The predicted octanol–water partition coefficient (Wildman–Crippen LogP) is 3.35. The Labute approximate surface area is 452 Å². The smallest absolute Gasteiger partial charge is 0.329 e. The largest absolute Gasteiger partial charge is 0.508 e. The van der Waals surface area contributed by atoms with E-state index in [2.05, 4.69) is 26.6 Å². The topological polar surface area (TPSA) is 253 Å². The van der Waals surface area contributed by atoms with Gasteiger partial charge in [-0.3, -0.25) is 38.4 Å². The van der Waals surface area contributed by atoms with Crippen LogP contribution in [0.3, 0.4) is 0 Å². The molecule has 3 aromatic carbocycles. The maximum Gasteiger partial charge on any atom is 0.329 e. The predicted molar refractivity (Wildman–Crippen MR) is 287 cm³/mol. The molecule has 3 fully saturated rings. The first-order valence-corrected chi connectivity index (χ1v) is 27.1. The number of amides is 8. The van der Waals surface area contributed by atoms with Crippen molar-refractivity contribution in [2.24, 2.45) is 17.8 Å². The number of fused-ring (bicyclic) bond motifs is 2. The number of ether oxygens (including phenoxy) is 1. The molecule has 0 spiro atoms. The molecule has 3 aliphatic rings. The van der Waals surface area contributed by atoms with Crippen molar-refractivity contribution < 1.29 is 53.0 Å². The Morgan fingerprint density at radius 1 is 0.610 bits per heavy atom. The van der Waals surface area contributed by atoms with E-state index in [4.69, 9.17) is 4.74 Å². The van der Waals surface area contributed by atoms with E-state index in [0.717, 1.165) is 4.90 Å². The van der Waals surface area contributed by atoms with Gasteiger partial charge in [0.2, 0.25) is 47.3 Å². The van der Waals surface area contributed by atoms with Gasteiger partial charge in [0, 0.05) is 45.8 Å². The number of carbonyl (C=O) groups is 9. The molecule has 3 aliphatic heterocycles. The lowest BCUT2D eigenvalue weighted by molar-refractivity contribution is -0.161. The third-order valence-corrected chi connectivity index (χ3v) is 14.5. The molecular weight excluding hydrogens is 985 g/mol. The Kier molecular flexibility index (Phi) is 20.8. The van der Waals surface area contributed by atoms with Gasteiger partial charge < -0.3 is 51.1 Å². The summed E-state index contributed by atoms with van der Waals surface area (Å²) in [4.78, 5) is 136. The van der Waals surface area contributed by atoms with Crippen LogP contribution in [-0.4, -0.2) is 148 Å². The molecule has 3 saturated heterocycles. The lowest BCUT2D eigenvalue weighted by atomic mass is 9.98. The third-order valence-electron chi connectivity index (χ3n) is 14.5. The lowest BCUT2D eigenvalue weighted by Crippen LogP contribution is -2.61. The second-order valence-electron chi connectivity index (χ2n) is 21.9. The molecule has 19 heteroatoms. The average Bonchev–Trinajstić information content (AvgIpc) is 4.11. The van der Waals surface area contributed by atoms with Crippen molar-refractivity contribution in [3.05, 3.63) is 102 Å². The first kappa shape index (κ1) is 58.9. The summed E-state index contributed by atoms with van der Waals surface area (Å²) < 4.78 is 6.11. The SMILES string of the molecule is CC(C)CC(=O)NC1C(=O)NC(Cc2ccccc2)C(=O)NC(CC(C)C)C(=O)NC(C(C)C)C(=O)N2CCCC2C(=O)N2CCCC2C(=O)NC(Cc2ccccc2)C(=O)N(C)C(Cc2ccc(O)cc2)C(=O)OC1C. The van der Waals surface area contributed by atoms with Crippen molar-refractivity contribution in [2.45, 2.75) is 161 Å². The number of likely N-dealkylation sites (N-methyl/N-ethyl adjacent to an activating group) is 1. The van der Waals surface area contributed by atoms with Gasteiger partial charge in [-0.15, -0.1) is 0 Å². The van der Waals surface area contributed by atoms with Gasteiger partial charge in [0.15, 0.2) is 0 Å². The van der Waals surface area contributed by atoms with E-state index in [0.29, 0.717) is 36.0 Å². The quantitative estimate of drug-likeness (QED) is 0.144. The molecule has 3 aromatic rings. The van der Waals surface area contributed by atoms with Gasteiger partial charge in [0.1, 0.15) is 60.2 Å². The van der Waals surface area contributed by atoms with Crippen LogP contribution in [0.1, 0.15) is 104 Å². The van der Waals surface area contributed by atoms with Gasteiger partial charge in [0.05, 0.1) is 0 Å². The number of carbonyl (C=O) groups excluding carboxylic acids is 9. The van der Waals surface area contributed by atoms with Crippen molar-refractivity contribution in [1.82, 2.24) is 41.3 Å². The third kappa shape index (κ3) is 15.9. The number of rotatable bonds is 12. The van der Waals surface area contributed by atoms with Crippen molar-refractivity contribution in [2.75, 3.05) is 20.1 Å². The Hall–Kier alpha value is -7.31. The molecule has 9 atom stereocenters. The Bertz CT molecular complexity index is 2560. The summed E-state index contributed by atoms with van der Waals surface area (Å²) in [6.45, 7) is 12.7. The summed E-state index contributed by atoms with van der Waals surface area (Å²) in [6.07, 6.45) is 0.0211. The molecule has 0 aliphatic carbocycles. The molecule has 0 bridgehead atoms. The van der Waals surface area contributed by atoms with Crippen LogP contribution in [0.5, 0.6) is 5.75 Å². The minimum atomic E-state index is -1.59. The van der Waals surface area contributed by atoms with Gasteiger partial charge in [-0.05, 0) is 85.6 Å². The number of hydrogen-bond donors (Lipinski definition) is 6. The minimum Gasteiger partial charge on any atom is -0.508 e. The molecule has 416 valence electrons. The van der Waals surface area contributed by atoms with Crippen molar-refractivity contribution in [3.63, 3.8) is 0 Å². The van der Waals surface area contributed by atoms with E-state index in [-0.39, 0.29) is 69.2 Å². The van der Waals surface area contributed by atoms with Crippen LogP contribution in [0.2, 0.25) is 0 Å². The number of cyclic esters (lactones) is 1. The van der Waals surface area contributed by atoms with E-state index in [1.807, 2.05) is 27.7 Å². The van der Waals surface area contributed by atoms with Gasteiger partial charge in [-0.2, -0.15) is 0 Å². The summed E-state index contributed by atoms with van der Waals surface area (Å²) in [5.74, 6) is -6.81. The standard InChI is InChI=1S/C58H78N8O11/c1-34(2)29-42-52(70)63-49(36(5)6)57(75)66-28-16-22-46(66)56(74)65-27-15-21-45(65)53(71)61-44(32-39-19-13-10-14-20-39)55(73)64(8)47(33-40-23-25-41(67)26-24-40)58(76)77-37(7)50(62-48(68)30-35(3)4)54(72)60-43(51(69)59-42)31-38-17-11-9-12-18-38/h9-14,17-20,23-26,34-37,42-47,49-50,67H,15-16,21-22,27-33H2,1-8H3,(H,59,69)(H,60,72)(H,61,71)(H,62,68)(H,63,70). The van der Waals surface area contributed by atoms with Crippen LogP contribution < -0.4 is 26.6 Å². The van der Waals surface area contributed by atoms with Crippen molar-refractivity contribution in [3.8, 4) is 5.75 Å². The zero-order valence-electron chi connectivity index (χ0n) is 45.7. The molecule has 6 N–H and O–H groups in total. The summed E-state index contributed by atoms with van der Waals surface area (Å²) >= 11 is 0. The van der Waals surface area contributed by atoms with E-state index in [1.165, 1.54) is 35.9 Å². The van der Waals surface area contributed by atoms with Crippen LogP contribution in [-0.2, 0) is 67.2 Å². The molecule has 19 nitrogen and oxygen atoms in total. The fraction of sp³-hybridized carbons (Fsp3) is 0.534. The first-order chi connectivity index (χ1) is 36.6. The second kappa shape index (κ2) is 27.1. The van der Waals surface area contributed by atoms with Gasteiger partial charge >= 0.3 is 5.97 Å². The number of nitrogens with one attached hydrogen (secondary N) is 5. The summed E-state index contributed by atoms with van der Waals surface area (Å²) in [6, 6.07) is 13.9. The normalized spacial score (nSPS) is 25.8. The molecule has 0 saturated carbocycles. The molecule has 6 rings (SSSR count). The fourth-order valence-corrected chi connectivity index (χ4v) is 10.3. The number of benzene rings is 3. The number of phenols is 1. The highest BCUT2D eigenvalue weighted by atomic mass is 16.5. The number of phenolic OH excluding ortho intramolecular Hbond substituents is 1. The fourth-order valence-electron chi connectivity index (χ4n) is 10.3. The lowest BCUT2D eigenvalue weighted by Gasteiger charge is -2.35. The van der Waals surface area contributed by atoms with Gasteiger partial charge in [0.25, 0.3) is 0 Å². The van der Waals surface area contributed by atoms with E-state index >= 15 is 4.79 Å². The maximum atomic E-state index is 15.1. The Morgan fingerprint density at radius 3 is 1.70 bits per heavy atom. The summed E-state index contributed by atoms with van der Waals surface area (Å²) in [5.41, 5.74) is 1.85. The van der Waals surface area contributed by atoms with Crippen LogP contribution in [0.4, 0.5) is 0 Å². The number of aromatic hydroxyl groups is 1. The van der Waals surface area contributed by atoms with E-state index in [9.17, 15) is 43.5 Å². The zero-order chi connectivity index (χ0) is 56.1. The summed E-state index contributed by atoms with van der Waals surface area (Å²) in [7, 11) is 1.39. The average molecular weight is 1060 g/mol. The first-order valence-electron chi connectivity index (χ1n) is 27.1. The monoisotopic (exact) mass is 1060 g/mol. The molecule has 0 radical (unpaired) electrons. The van der Waals surface area contributed by atoms with E-state index < -0.39 is 114 Å². The highest BCUT2D eigenvalue weighted by molar-refractivity contribution is 5.99. The zero-order valence-corrected chi connectivity index (χ0v) is 45.7. The minimum absolute atomic E-state index is 0.00925. The summed E-state index contributed by atoms with van der Waals surface area (Å²) in [5, 5.41) is 24.3. The van der Waals surface area contributed by atoms with Crippen molar-refractivity contribution in [1.29, 1.82) is 0 Å². The van der Waals surface area contributed by atoms with Gasteiger partial charge in [-0.25, -0.2) is 4.79 Å². The van der Waals surface area contributed by atoms with Crippen LogP contribution in [0, 0.1) is 17.8 Å². The van der Waals surface area contributed by atoms with Crippen LogP contribution >= 0.6 is 0 Å². The molecule has 3 heterocycles. The highest BCUT2D eigenvalue weighted by Gasteiger charge is 2.46. The molecular formula is C58H78N8O11. The van der Waals surface area contributed by atoms with Crippen LogP contribution in [0.15, 0.2) is 84.9 Å². The second-order valence-corrected chi connectivity index (χ2v) is 21.9. The Balaban J connectivity index is 1.46. The molecule has 0 aromatic heterocycles. The molecule has 9 unspecified atom stereocenters.